The Bertz CT molecular complexity index is 191. The van der Waals surface area contributed by atoms with Crippen molar-refractivity contribution in [1.82, 2.24) is 4.90 Å². The zero-order valence-electron chi connectivity index (χ0n) is 7.36. The van der Waals surface area contributed by atoms with E-state index in [4.69, 9.17) is 5.11 Å². The first-order chi connectivity index (χ1) is 5.66. The van der Waals surface area contributed by atoms with Crippen molar-refractivity contribution in [2.24, 2.45) is 0 Å². The predicted octanol–water partition coefficient (Wildman–Crippen LogP) is 1.11. The van der Waals surface area contributed by atoms with E-state index in [9.17, 15) is 4.79 Å². The van der Waals surface area contributed by atoms with E-state index in [1.54, 1.807) is 6.08 Å². The van der Waals surface area contributed by atoms with Crippen LogP contribution in [0.3, 0.4) is 0 Å². The van der Waals surface area contributed by atoms with Crippen molar-refractivity contribution in [2.45, 2.75) is 31.8 Å². The van der Waals surface area contributed by atoms with Crippen molar-refractivity contribution in [1.29, 1.82) is 0 Å². The second-order valence-corrected chi connectivity index (χ2v) is 3.25. The van der Waals surface area contributed by atoms with E-state index in [2.05, 4.69) is 13.5 Å². The Balaban J connectivity index is 2.52. The number of carboxylic acids is 1. The van der Waals surface area contributed by atoms with Crippen LogP contribution in [0.25, 0.3) is 0 Å². The van der Waals surface area contributed by atoms with E-state index in [0.717, 1.165) is 13.0 Å². The highest BCUT2D eigenvalue weighted by Crippen LogP contribution is 2.21. The molecule has 2 atom stereocenters. The first-order valence-corrected chi connectivity index (χ1v) is 4.26. The largest absolute Gasteiger partial charge is 0.480 e. The van der Waals surface area contributed by atoms with Crippen LogP contribution >= 0.6 is 0 Å². The van der Waals surface area contributed by atoms with Crippen molar-refractivity contribution in [3.05, 3.63) is 12.7 Å². The van der Waals surface area contributed by atoms with E-state index >= 15 is 0 Å². The van der Waals surface area contributed by atoms with Gasteiger partial charge < -0.3 is 5.11 Å². The number of aliphatic carboxylic acids is 1. The maximum Gasteiger partial charge on any atom is 0.321 e. The second kappa shape index (κ2) is 3.72. The summed E-state index contributed by atoms with van der Waals surface area (Å²) in [5, 5.41) is 8.87. The summed E-state index contributed by atoms with van der Waals surface area (Å²) in [7, 11) is 0. The number of nitrogens with zero attached hydrogens (tertiary/aromatic N) is 1. The van der Waals surface area contributed by atoms with Crippen molar-refractivity contribution in [3.63, 3.8) is 0 Å². The maximum absolute atomic E-state index is 10.8. The smallest absolute Gasteiger partial charge is 0.321 e. The van der Waals surface area contributed by atoms with Gasteiger partial charge in [-0.25, -0.2) is 0 Å². The molecule has 0 bridgehead atoms. The third kappa shape index (κ3) is 1.67. The van der Waals surface area contributed by atoms with E-state index in [0.29, 0.717) is 12.5 Å². The van der Waals surface area contributed by atoms with Gasteiger partial charge >= 0.3 is 5.97 Å². The second-order valence-electron chi connectivity index (χ2n) is 3.25. The molecule has 1 fully saturated rings. The number of hydrogen-bond acceptors (Lipinski definition) is 2. The molecular formula is C9H15NO2. The summed E-state index contributed by atoms with van der Waals surface area (Å²) >= 11 is 0. The van der Waals surface area contributed by atoms with Gasteiger partial charge in [-0.15, -0.1) is 6.58 Å². The molecule has 0 aromatic heterocycles. The van der Waals surface area contributed by atoms with Crippen molar-refractivity contribution < 1.29 is 9.90 Å². The van der Waals surface area contributed by atoms with Gasteiger partial charge in [0.15, 0.2) is 0 Å². The normalized spacial score (nSPS) is 25.9. The SMILES string of the molecule is C=CCC(C(=O)O)N1CCC1C. The Hall–Kier alpha value is -0.830. The fourth-order valence-electron chi connectivity index (χ4n) is 1.54. The topological polar surface area (TPSA) is 40.5 Å². The fraction of sp³-hybridized carbons (Fsp3) is 0.667. The standard InChI is InChI=1S/C9H15NO2/c1-3-4-8(9(11)12)10-6-5-7(10)2/h3,7-8H,1,4-6H2,2H3,(H,11,12). The van der Waals surface area contributed by atoms with E-state index in [-0.39, 0.29) is 6.04 Å². The first kappa shape index (κ1) is 9.26. The molecule has 0 amide bonds. The van der Waals surface area contributed by atoms with Crippen LogP contribution in [0.4, 0.5) is 0 Å². The number of carboxylic acid groups (broad SMARTS) is 1. The molecule has 3 heteroatoms. The lowest BCUT2D eigenvalue weighted by atomic mass is 10.00. The van der Waals surface area contributed by atoms with Gasteiger partial charge in [-0.2, -0.15) is 0 Å². The van der Waals surface area contributed by atoms with Gasteiger partial charge in [-0.1, -0.05) is 6.08 Å². The van der Waals surface area contributed by atoms with Crippen molar-refractivity contribution in [2.75, 3.05) is 6.54 Å². The van der Waals surface area contributed by atoms with Crippen LogP contribution in [0.2, 0.25) is 0 Å². The quantitative estimate of drug-likeness (QED) is 0.641. The van der Waals surface area contributed by atoms with Gasteiger partial charge in [0.1, 0.15) is 6.04 Å². The molecule has 1 N–H and O–H groups in total. The molecule has 0 aliphatic carbocycles. The van der Waals surface area contributed by atoms with Gasteiger partial charge in [0.25, 0.3) is 0 Å². The van der Waals surface area contributed by atoms with Crippen LogP contribution in [0.1, 0.15) is 19.8 Å². The number of rotatable bonds is 4. The van der Waals surface area contributed by atoms with Crippen molar-refractivity contribution in [3.8, 4) is 0 Å². The lowest BCUT2D eigenvalue weighted by Gasteiger charge is -2.42. The zero-order chi connectivity index (χ0) is 9.14. The maximum atomic E-state index is 10.8. The molecule has 1 saturated heterocycles. The Kier molecular flexibility index (Phi) is 2.87. The van der Waals surface area contributed by atoms with Gasteiger partial charge in [0, 0.05) is 12.6 Å². The molecular weight excluding hydrogens is 154 g/mol. The van der Waals surface area contributed by atoms with Crippen LogP contribution in [0, 0.1) is 0 Å². The van der Waals surface area contributed by atoms with Crippen LogP contribution in [0.15, 0.2) is 12.7 Å². The Labute approximate surface area is 72.7 Å². The summed E-state index contributed by atoms with van der Waals surface area (Å²) in [6, 6.07) is 0.0669. The zero-order valence-corrected chi connectivity index (χ0v) is 7.36. The van der Waals surface area contributed by atoms with Gasteiger partial charge in [0.05, 0.1) is 0 Å². The minimum Gasteiger partial charge on any atom is -0.480 e. The molecule has 0 radical (unpaired) electrons. The first-order valence-electron chi connectivity index (χ1n) is 4.26. The highest BCUT2D eigenvalue weighted by molar-refractivity contribution is 5.73. The highest BCUT2D eigenvalue weighted by atomic mass is 16.4. The van der Waals surface area contributed by atoms with Crippen molar-refractivity contribution >= 4 is 5.97 Å². The summed E-state index contributed by atoms with van der Waals surface area (Å²) in [5.41, 5.74) is 0. The molecule has 68 valence electrons. The molecule has 1 heterocycles. The average Bonchev–Trinajstić information content (AvgIpc) is 2.01. The lowest BCUT2D eigenvalue weighted by Crippen LogP contribution is -2.54. The van der Waals surface area contributed by atoms with Gasteiger partial charge in [0.2, 0.25) is 0 Å². The molecule has 12 heavy (non-hydrogen) atoms. The summed E-state index contributed by atoms with van der Waals surface area (Å²) in [4.78, 5) is 12.8. The van der Waals surface area contributed by atoms with Gasteiger partial charge in [-0.3, -0.25) is 9.69 Å². The number of hydrogen-bond donors (Lipinski definition) is 1. The molecule has 0 spiro atoms. The molecule has 0 saturated carbocycles. The lowest BCUT2D eigenvalue weighted by molar-refractivity contribution is -0.146. The highest BCUT2D eigenvalue weighted by Gasteiger charge is 2.33. The molecule has 1 rings (SSSR count). The minimum absolute atomic E-state index is 0.355. The fourth-order valence-corrected chi connectivity index (χ4v) is 1.54. The molecule has 0 aromatic rings. The Morgan fingerprint density at radius 3 is 2.83 bits per heavy atom. The minimum atomic E-state index is -0.735. The summed E-state index contributed by atoms with van der Waals surface area (Å²) in [5.74, 6) is -0.735. The molecule has 0 aromatic carbocycles. The average molecular weight is 169 g/mol. The van der Waals surface area contributed by atoms with Gasteiger partial charge in [-0.05, 0) is 19.8 Å². The van der Waals surface area contributed by atoms with Crippen LogP contribution < -0.4 is 0 Å². The molecule has 3 nitrogen and oxygen atoms in total. The summed E-state index contributed by atoms with van der Waals surface area (Å²) in [6.45, 7) is 6.53. The molecule has 1 aliphatic heterocycles. The van der Waals surface area contributed by atoms with E-state index in [1.807, 2.05) is 4.90 Å². The Morgan fingerprint density at radius 1 is 1.92 bits per heavy atom. The van der Waals surface area contributed by atoms with Crippen LogP contribution in [0.5, 0.6) is 0 Å². The Morgan fingerprint density at radius 2 is 2.58 bits per heavy atom. The molecule has 1 aliphatic rings. The van der Waals surface area contributed by atoms with E-state index in [1.165, 1.54) is 0 Å². The monoisotopic (exact) mass is 169 g/mol. The summed E-state index contributed by atoms with van der Waals surface area (Å²) < 4.78 is 0. The predicted molar refractivity (Wildman–Crippen MR) is 47.0 cm³/mol. The third-order valence-electron chi connectivity index (χ3n) is 2.45. The molecule has 2 unspecified atom stereocenters. The number of carbonyl (C=O) groups is 1. The number of likely N-dealkylation sites (tertiary alicyclic amines) is 1. The van der Waals surface area contributed by atoms with Crippen LogP contribution in [-0.2, 0) is 4.79 Å². The van der Waals surface area contributed by atoms with Crippen LogP contribution in [-0.4, -0.2) is 34.6 Å². The van der Waals surface area contributed by atoms with E-state index < -0.39 is 5.97 Å². The third-order valence-corrected chi connectivity index (χ3v) is 2.45. The summed E-state index contributed by atoms with van der Waals surface area (Å²) in [6.07, 6.45) is 3.32.